The number of alkyl halides is 2. The van der Waals surface area contributed by atoms with Gasteiger partial charge in [-0.15, -0.1) is 0 Å². The SMILES string of the molecule is CCC1CCCCN1C(=O)CSc1nc2ccccc2c(=O)n1-c1ccc(OC(F)F)cc1. The monoisotopic (exact) mass is 473 g/mol. The van der Waals surface area contributed by atoms with Crippen LogP contribution >= 0.6 is 11.8 Å². The maximum Gasteiger partial charge on any atom is 0.387 e. The molecule has 1 saturated heterocycles. The minimum atomic E-state index is -2.93. The molecule has 9 heteroatoms. The number of nitrogens with zero attached hydrogens (tertiary/aromatic N) is 3. The van der Waals surface area contributed by atoms with Crippen molar-refractivity contribution in [3.05, 3.63) is 58.9 Å². The van der Waals surface area contributed by atoms with E-state index in [0.717, 1.165) is 32.2 Å². The molecule has 1 aromatic heterocycles. The number of aromatic nitrogens is 2. The molecule has 0 bridgehead atoms. The van der Waals surface area contributed by atoms with Crippen LogP contribution in [0.25, 0.3) is 16.6 Å². The highest BCUT2D eigenvalue weighted by Crippen LogP contribution is 2.25. The van der Waals surface area contributed by atoms with Crippen molar-refractivity contribution in [1.29, 1.82) is 0 Å². The van der Waals surface area contributed by atoms with Crippen molar-refractivity contribution < 1.29 is 18.3 Å². The van der Waals surface area contributed by atoms with Crippen molar-refractivity contribution in [3.63, 3.8) is 0 Å². The van der Waals surface area contributed by atoms with E-state index in [1.54, 1.807) is 24.3 Å². The largest absolute Gasteiger partial charge is 0.435 e. The third-order valence-corrected chi connectivity index (χ3v) is 6.73. The quantitative estimate of drug-likeness (QED) is 0.362. The van der Waals surface area contributed by atoms with Crippen LogP contribution in [0.5, 0.6) is 5.75 Å². The first-order valence-electron chi connectivity index (χ1n) is 11.0. The number of halogens is 2. The van der Waals surface area contributed by atoms with Gasteiger partial charge in [-0.25, -0.2) is 4.98 Å². The Morgan fingerprint density at radius 1 is 1.18 bits per heavy atom. The van der Waals surface area contributed by atoms with Gasteiger partial charge in [0.05, 0.1) is 22.3 Å². The molecule has 174 valence electrons. The van der Waals surface area contributed by atoms with Crippen LogP contribution in [0.2, 0.25) is 0 Å². The summed E-state index contributed by atoms with van der Waals surface area (Å²) in [6.45, 7) is -0.0887. The Kier molecular flexibility index (Phi) is 7.27. The van der Waals surface area contributed by atoms with Gasteiger partial charge in [0.2, 0.25) is 5.91 Å². The van der Waals surface area contributed by atoms with E-state index in [-0.39, 0.29) is 29.0 Å². The number of rotatable bonds is 7. The topological polar surface area (TPSA) is 64.4 Å². The smallest absolute Gasteiger partial charge is 0.387 e. The van der Waals surface area contributed by atoms with E-state index in [4.69, 9.17) is 0 Å². The molecule has 33 heavy (non-hydrogen) atoms. The van der Waals surface area contributed by atoms with Crippen LogP contribution in [0.1, 0.15) is 32.6 Å². The zero-order chi connectivity index (χ0) is 23.4. The maximum atomic E-state index is 13.3. The Morgan fingerprint density at radius 2 is 1.94 bits per heavy atom. The molecule has 1 aliphatic heterocycles. The Morgan fingerprint density at radius 3 is 2.67 bits per heavy atom. The summed E-state index contributed by atoms with van der Waals surface area (Å²) in [6.07, 6.45) is 4.06. The highest BCUT2D eigenvalue weighted by molar-refractivity contribution is 7.99. The van der Waals surface area contributed by atoms with Gasteiger partial charge in [0.15, 0.2) is 5.16 Å². The fourth-order valence-corrected chi connectivity index (χ4v) is 5.07. The summed E-state index contributed by atoms with van der Waals surface area (Å²) >= 11 is 1.21. The molecule has 0 spiro atoms. The second kappa shape index (κ2) is 10.3. The number of carbonyl (C=O) groups excluding carboxylic acids is 1. The molecule has 1 aliphatic rings. The summed E-state index contributed by atoms with van der Waals surface area (Å²) < 4.78 is 30.8. The Labute approximate surface area is 194 Å². The lowest BCUT2D eigenvalue weighted by Gasteiger charge is -2.35. The number of hydrogen-bond acceptors (Lipinski definition) is 5. The first-order valence-corrected chi connectivity index (χ1v) is 12.0. The molecule has 0 radical (unpaired) electrons. The number of para-hydroxylation sites is 1. The van der Waals surface area contributed by atoms with Gasteiger partial charge in [-0.2, -0.15) is 8.78 Å². The van der Waals surface area contributed by atoms with Crippen LogP contribution < -0.4 is 10.3 Å². The summed E-state index contributed by atoms with van der Waals surface area (Å²) in [5, 5.41) is 0.808. The molecular weight excluding hydrogens is 448 g/mol. The minimum Gasteiger partial charge on any atom is -0.435 e. The molecule has 1 fully saturated rings. The Hall–Kier alpha value is -2.94. The third kappa shape index (κ3) is 5.19. The Bertz CT molecular complexity index is 1180. The average Bonchev–Trinajstić information content (AvgIpc) is 2.83. The predicted octanol–water partition coefficient (Wildman–Crippen LogP) is 4.87. The van der Waals surface area contributed by atoms with Crippen LogP contribution in [-0.2, 0) is 4.79 Å². The van der Waals surface area contributed by atoms with E-state index < -0.39 is 6.61 Å². The van der Waals surface area contributed by atoms with Crippen molar-refractivity contribution in [3.8, 4) is 11.4 Å². The molecule has 2 heterocycles. The standard InChI is InChI=1S/C24H25F2N3O3S/c1-2-16-7-5-6-14-28(16)21(30)15-33-24-27-20-9-4-3-8-19(20)22(31)29(24)17-10-12-18(13-11-17)32-23(25)26/h3-4,8-13,16,23H,2,5-7,14-15H2,1H3. The molecule has 3 aromatic rings. The molecule has 6 nitrogen and oxygen atoms in total. The van der Waals surface area contributed by atoms with E-state index in [1.807, 2.05) is 4.90 Å². The van der Waals surface area contributed by atoms with Gasteiger partial charge in [-0.3, -0.25) is 14.2 Å². The number of likely N-dealkylation sites (tertiary alicyclic amines) is 1. The number of fused-ring (bicyclic) bond motifs is 1. The molecule has 4 rings (SSSR count). The third-order valence-electron chi connectivity index (χ3n) is 5.81. The molecule has 2 aromatic carbocycles. The maximum absolute atomic E-state index is 13.3. The molecule has 1 atom stereocenters. The van der Waals surface area contributed by atoms with Gasteiger partial charge in [-0.05, 0) is 62.1 Å². The van der Waals surface area contributed by atoms with Gasteiger partial charge in [0.1, 0.15) is 5.75 Å². The number of carbonyl (C=O) groups is 1. The van der Waals surface area contributed by atoms with Crippen molar-refractivity contribution in [2.24, 2.45) is 0 Å². The van der Waals surface area contributed by atoms with E-state index in [1.165, 1.54) is 40.6 Å². The summed E-state index contributed by atoms with van der Waals surface area (Å²) in [6, 6.07) is 13.1. The van der Waals surface area contributed by atoms with Crippen LogP contribution in [0, 0.1) is 0 Å². The fraction of sp³-hybridized carbons (Fsp3) is 0.375. The average molecular weight is 474 g/mol. The highest BCUT2D eigenvalue weighted by atomic mass is 32.2. The summed E-state index contributed by atoms with van der Waals surface area (Å²) in [5.41, 5.74) is 0.706. The number of hydrogen-bond donors (Lipinski definition) is 0. The lowest BCUT2D eigenvalue weighted by molar-refractivity contribution is -0.132. The van der Waals surface area contributed by atoms with Crippen LogP contribution in [0.15, 0.2) is 58.5 Å². The Balaban J connectivity index is 1.67. The first kappa shape index (κ1) is 23.2. The number of thioether (sulfide) groups is 1. The van der Waals surface area contributed by atoms with E-state index >= 15 is 0 Å². The summed E-state index contributed by atoms with van der Waals surface area (Å²) in [4.78, 5) is 32.9. The summed E-state index contributed by atoms with van der Waals surface area (Å²) in [5.74, 6) is 0.185. The second-order valence-corrected chi connectivity index (χ2v) is 8.80. The molecule has 1 unspecified atom stereocenters. The van der Waals surface area contributed by atoms with Gasteiger partial charge < -0.3 is 9.64 Å². The van der Waals surface area contributed by atoms with Gasteiger partial charge in [0, 0.05) is 12.6 Å². The van der Waals surface area contributed by atoms with Crippen molar-refractivity contribution >= 4 is 28.6 Å². The molecule has 0 N–H and O–H groups in total. The predicted molar refractivity (Wildman–Crippen MR) is 124 cm³/mol. The lowest BCUT2D eigenvalue weighted by atomic mass is 10.0. The van der Waals surface area contributed by atoms with Crippen LogP contribution in [0.4, 0.5) is 8.78 Å². The fourth-order valence-electron chi connectivity index (χ4n) is 4.18. The zero-order valence-corrected chi connectivity index (χ0v) is 19.1. The number of piperidine rings is 1. The van der Waals surface area contributed by atoms with Crippen molar-refractivity contribution in [2.45, 2.75) is 50.4 Å². The molecule has 0 saturated carbocycles. The van der Waals surface area contributed by atoms with Crippen LogP contribution in [0.3, 0.4) is 0 Å². The minimum absolute atomic E-state index is 0.00404. The zero-order valence-electron chi connectivity index (χ0n) is 18.2. The molecule has 0 aliphatic carbocycles. The number of ether oxygens (including phenoxy) is 1. The van der Waals surface area contributed by atoms with Crippen molar-refractivity contribution in [2.75, 3.05) is 12.3 Å². The highest BCUT2D eigenvalue weighted by Gasteiger charge is 2.26. The molecule has 1 amide bonds. The second-order valence-electron chi connectivity index (χ2n) is 7.86. The van der Waals surface area contributed by atoms with Crippen molar-refractivity contribution in [1.82, 2.24) is 14.5 Å². The van der Waals surface area contributed by atoms with E-state index in [9.17, 15) is 18.4 Å². The van der Waals surface area contributed by atoms with Gasteiger partial charge in [-0.1, -0.05) is 30.8 Å². The number of amides is 1. The summed E-state index contributed by atoms with van der Waals surface area (Å²) in [7, 11) is 0. The number of benzene rings is 2. The van der Waals surface area contributed by atoms with E-state index in [0.29, 0.717) is 21.7 Å². The normalized spacial score (nSPS) is 16.4. The lowest BCUT2D eigenvalue weighted by Crippen LogP contribution is -2.44. The van der Waals surface area contributed by atoms with E-state index in [2.05, 4.69) is 16.6 Å². The molecular formula is C24H25F2N3O3S. The van der Waals surface area contributed by atoms with Crippen LogP contribution in [-0.4, -0.2) is 45.3 Å². The van der Waals surface area contributed by atoms with Gasteiger partial charge >= 0.3 is 6.61 Å². The van der Waals surface area contributed by atoms with Gasteiger partial charge in [0.25, 0.3) is 5.56 Å². The first-order chi connectivity index (χ1) is 16.0.